The van der Waals surface area contributed by atoms with Crippen molar-refractivity contribution in [3.8, 4) is 0 Å². The number of aromatic nitrogens is 2. The Kier molecular flexibility index (Phi) is 4.90. The third-order valence-corrected chi connectivity index (χ3v) is 2.52. The van der Waals surface area contributed by atoms with Gasteiger partial charge in [-0.15, -0.1) is 0 Å². The maximum Gasteiger partial charge on any atom is 0.269 e. The Morgan fingerprint density at radius 2 is 2.35 bits per heavy atom. The first kappa shape index (κ1) is 13.4. The number of hydrogen-bond donors (Lipinski definition) is 1. The van der Waals surface area contributed by atoms with Gasteiger partial charge in [0.05, 0.1) is 18.4 Å². The average Bonchev–Trinajstić information content (AvgIpc) is 2.31. The number of nitrogens with zero attached hydrogens (tertiary/aromatic N) is 3. The summed E-state index contributed by atoms with van der Waals surface area (Å²) in [5.41, 5.74) is 6.94. The van der Waals surface area contributed by atoms with E-state index in [1.165, 1.54) is 4.68 Å². The molecule has 0 aliphatic heterocycles. The van der Waals surface area contributed by atoms with Gasteiger partial charge in [0.2, 0.25) is 0 Å². The van der Waals surface area contributed by atoms with Crippen molar-refractivity contribution in [2.75, 3.05) is 25.0 Å². The highest BCUT2D eigenvalue weighted by atomic mass is 16.1. The molecule has 0 unspecified atom stereocenters. The van der Waals surface area contributed by atoms with Crippen LogP contribution < -0.4 is 16.2 Å². The van der Waals surface area contributed by atoms with Crippen LogP contribution in [0.4, 0.5) is 5.69 Å². The molecule has 0 amide bonds. The van der Waals surface area contributed by atoms with Crippen LogP contribution in [0, 0.1) is 0 Å². The molecule has 0 aromatic carbocycles. The zero-order chi connectivity index (χ0) is 12.8. The van der Waals surface area contributed by atoms with Gasteiger partial charge in [-0.25, -0.2) is 4.68 Å². The minimum Gasteiger partial charge on any atom is -0.373 e. The molecule has 0 spiro atoms. The maximum atomic E-state index is 11.8. The van der Waals surface area contributed by atoms with E-state index in [1.54, 1.807) is 12.3 Å². The van der Waals surface area contributed by atoms with E-state index >= 15 is 0 Å². The second-order valence-electron chi connectivity index (χ2n) is 4.09. The second kappa shape index (κ2) is 6.20. The van der Waals surface area contributed by atoms with Crippen LogP contribution in [0.1, 0.15) is 13.3 Å². The maximum absolute atomic E-state index is 11.8. The van der Waals surface area contributed by atoms with Crippen LogP contribution in [0.25, 0.3) is 0 Å². The zero-order valence-electron chi connectivity index (χ0n) is 10.5. The highest BCUT2D eigenvalue weighted by molar-refractivity contribution is 5.41. The molecule has 17 heavy (non-hydrogen) atoms. The van der Waals surface area contributed by atoms with E-state index in [0.717, 1.165) is 24.2 Å². The number of hydrogen-bond acceptors (Lipinski definition) is 4. The topological polar surface area (TPSA) is 64.2 Å². The summed E-state index contributed by atoms with van der Waals surface area (Å²) in [6.45, 7) is 7.51. The van der Waals surface area contributed by atoms with E-state index in [4.69, 9.17) is 5.73 Å². The molecule has 0 aliphatic carbocycles. The van der Waals surface area contributed by atoms with Crippen molar-refractivity contribution < 1.29 is 0 Å². The summed E-state index contributed by atoms with van der Waals surface area (Å²) in [7, 11) is 1.95. The zero-order valence-corrected chi connectivity index (χ0v) is 10.5. The van der Waals surface area contributed by atoms with Crippen LogP contribution in [0.5, 0.6) is 0 Å². The standard InChI is InChI=1S/C12H20N4O/c1-4-5-15(3)11-6-12(17)16(14-8-11)9-10(2)7-13/h6,8H,2,4-5,7,9,13H2,1,3H3. The van der Waals surface area contributed by atoms with Crippen molar-refractivity contribution in [2.24, 2.45) is 5.73 Å². The Morgan fingerprint density at radius 3 is 2.88 bits per heavy atom. The van der Waals surface area contributed by atoms with Crippen molar-refractivity contribution >= 4 is 5.69 Å². The van der Waals surface area contributed by atoms with E-state index in [1.807, 2.05) is 11.9 Å². The molecule has 94 valence electrons. The molecule has 1 aromatic heterocycles. The normalized spacial score (nSPS) is 10.3. The third kappa shape index (κ3) is 3.71. The van der Waals surface area contributed by atoms with Crippen molar-refractivity contribution in [2.45, 2.75) is 19.9 Å². The Bertz CT molecular complexity index is 438. The van der Waals surface area contributed by atoms with Crippen LogP contribution in [0.15, 0.2) is 29.2 Å². The predicted octanol–water partition coefficient (Wildman–Crippen LogP) is 0.604. The molecule has 0 atom stereocenters. The van der Waals surface area contributed by atoms with E-state index in [2.05, 4.69) is 18.6 Å². The van der Waals surface area contributed by atoms with E-state index in [-0.39, 0.29) is 5.56 Å². The molecule has 1 aromatic rings. The smallest absolute Gasteiger partial charge is 0.269 e. The summed E-state index contributed by atoms with van der Waals surface area (Å²) in [6.07, 6.45) is 2.73. The first-order chi connectivity index (χ1) is 8.08. The van der Waals surface area contributed by atoms with Gasteiger partial charge in [0.15, 0.2) is 0 Å². The lowest BCUT2D eigenvalue weighted by Gasteiger charge is -2.17. The van der Waals surface area contributed by atoms with Crippen molar-refractivity contribution in [1.29, 1.82) is 0 Å². The van der Waals surface area contributed by atoms with Crippen LogP contribution in [0.2, 0.25) is 0 Å². The fourth-order valence-corrected chi connectivity index (χ4v) is 1.49. The predicted molar refractivity (Wildman–Crippen MR) is 70.3 cm³/mol. The minimum absolute atomic E-state index is 0.125. The van der Waals surface area contributed by atoms with Gasteiger partial charge < -0.3 is 10.6 Å². The number of nitrogens with two attached hydrogens (primary N) is 1. The Morgan fingerprint density at radius 1 is 1.65 bits per heavy atom. The summed E-state index contributed by atoms with van der Waals surface area (Å²) in [6, 6.07) is 1.59. The number of rotatable bonds is 6. The molecule has 0 saturated heterocycles. The van der Waals surface area contributed by atoms with Crippen molar-refractivity contribution in [1.82, 2.24) is 9.78 Å². The molecular formula is C12H20N4O. The van der Waals surface area contributed by atoms with Crippen molar-refractivity contribution in [3.05, 3.63) is 34.8 Å². The lowest BCUT2D eigenvalue weighted by atomic mass is 10.3. The van der Waals surface area contributed by atoms with Gasteiger partial charge in [-0.3, -0.25) is 4.79 Å². The fraction of sp³-hybridized carbons (Fsp3) is 0.500. The van der Waals surface area contributed by atoms with Crippen LogP contribution in [0.3, 0.4) is 0 Å². The molecule has 0 bridgehead atoms. The average molecular weight is 236 g/mol. The van der Waals surface area contributed by atoms with Gasteiger partial charge >= 0.3 is 0 Å². The van der Waals surface area contributed by atoms with Crippen molar-refractivity contribution in [3.63, 3.8) is 0 Å². The third-order valence-electron chi connectivity index (χ3n) is 2.52. The van der Waals surface area contributed by atoms with Gasteiger partial charge in [0, 0.05) is 26.2 Å². The lowest BCUT2D eigenvalue weighted by Crippen LogP contribution is -2.27. The molecule has 1 heterocycles. The Balaban J connectivity index is 2.86. The Labute approximate surface area is 102 Å². The summed E-state index contributed by atoms with van der Waals surface area (Å²) in [5.74, 6) is 0. The molecule has 0 aliphatic rings. The first-order valence-electron chi connectivity index (χ1n) is 5.73. The molecule has 0 radical (unpaired) electrons. The van der Waals surface area contributed by atoms with Crippen LogP contribution in [-0.2, 0) is 6.54 Å². The Hall–Kier alpha value is -1.62. The molecule has 1 rings (SSSR count). The highest BCUT2D eigenvalue weighted by Crippen LogP contribution is 2.07. The lowest BCUT2D eigenvalue weighted by molar-refractivity contribution is 0.624. The monoisotopic (exact) mass is 236 g/mol. The van der Waals surface area contributed by atoms with Gasteiger partial charge in [-0.1, -0.05) is 13.5 Å². The molecule has 0 saturated carbocycles. The minimum atomic E-state index is -0.125. The second-order valence-corrected chi connectivity index (χ2v) is 4.09. The van der Waals surface area contributed by atoms with E-state index < -0.39 is 0 Å². The van der Waals surface area contributed by atoms with Gasteiger partial charge in [-0.05, 0) is 12.0 Å². The summed E-state index contributed by atoms with van der Waals surface area (Å²) >= 11 is 0. The van der Waals surface area contributed by atoms with E-state index in [9.17, 15) is 4.79 Å². The SMILES string of the molecule is C=C(CN)Cn1ncc(N(C)CCC)cc1=O. The summed E-state index contributed by atoms with van der Waals surface area (Å²) < 4.78 is 1.37. The van der Waals surface area contributed by atoms with E-state index in [0.29, 0.717) is 13.1 Å². The first-order valence-corrected chi connectivity index (χ1v) is 5.73. The molecule has 0 fully saturated rings. The van der Waals surface area contributed by atoms with Gasteiger partial charge in [-0.2, -0.15) is 5.10 Å². The van der Waals surface area contributed by atoms with Crippen LogP contribution >= 0.6 is 0 Å². The molecule has 5 heteroatoms. The summed E-state index contributed by atoms with van der Waals surface area (Å²) in [5, 5.41) is 4.12. The van der Waals surface area contributed by atoms with Gasteiger partial charge in [0.25, 0.3) is 5.56 Å². The molecule has 2 N–H and O–H groups in total. The quantitative estimate of drug-likeness (QED) is 0.735. The summed E-state index contributed by atoms with van der Waals surface area (Å²) in [4.78, 5) is 13.8. The molecule has 5 nitrogen and oxygen atoms in total. The van der Waals surface area contributed by atoms with Crippen LogP contribution in [-0.4, -0.2) is 29.9 Å². The fourth-order valence-electron chi connectivity index (χ4n) is 1.49. The van der Waals surface area contributed by atoms with Gasteiger partial charge in [0.1, 0.15) is 0 Å². The molecular weight excluding hydrogens is 216 g/mol. The number of anilines is 1. The largest absolute Gasteiger partial charge is 0.373 e. The highest BCUT2D eigenvalue weighted by Gasteiger charge is 2.04.